The molecule has 1 spiro atoms. The van der Waals surface area contributed by atoms with Crippen LogP contribution in [0.4, 0.5) is 0 Å². The molecule has 3 aliphatic rings. The van der Waals surface area contributed by atoms with Crippen molar-refractivity contribution >= 4 is 17.6 Å². The Morgan fingerprint density at radius 1 is 1.22 bits per heavy atom. The minimum Gasteiger partial charge on any atom is -0.295 e. The van der Waals surface area contributed by atoms with E-state index in [9.17, 15) is 14.4 Å². The Morgan fingerprint density at radius 3 is 2.89 bits per heavy atom. The van der Waals surface area contributed by atoms with Gasteiger partial charge in [-0.15, -0.1) is 0 Å². The molecule has 1 aromatic carbocycles. The minimum atomic E-state index is -0.891. The van der Waals surface area contributed by atoms with Crippen LogP contribution in [-0.4, -0.2) is 17.6 Å². The molecule has 2 atom stereocenters. The molecule has 1 aromatic rings. The van der Waals surface area contributed by atoms with E-state index in [1.165, 1.54) is 0 Å². The van der Waals surface area contributed by atoms with Crippen LogP contribution in [0.2, 0.25) is 0 Å². The maximum Gasteiger partial charge on any atom is 0.238 e. The van der Waals surface area contributed by atoms with Crippen molar-refractivity contribution in [2.75, 3.05) is 0 Å². The van der Waals surface area contributed by atoms with E-state index in [4.69, 9.17) is 0 Å². The van der Waals surface area contributed by atoms with E-state index in [1.807, 2.05) is 12.1 Å². The fourth-order valence-electron chi connectivity index (χ4n) is 3.89. The molecular formula is C14H11NO3. The molecule has 18 heavy (non-hydrogen) atoms. The van der Waals surface area contributed by atoms with Crippen molar-refractivity contribution in [3.05, 3.63) is 34.9 Å². The van der Waals surface area contributed by atoms with E-state index in [0.29, 0.717) is 12.0 Å². The number of nitrogens with one attached hydrogen (secondary N) is 1. The molecule has 1 heterocycles. The Morgan fingerprint density at radius 2 is 2.06 bits per heavy atom. The van der Waals surface area contributed by atoms with Gasteiger partial charge >= 0.3 is 0 Å². The van der Waals surface area contributed by atoms with Gasteiger partial charge in [-0.2, -0.15) is 0 Å². The summed E-state index contributed by atoms with van der Waals surface area (Å²) in [7, 11) is 0. The molecule has 0 bridgehead atoms. The van der Waals surface area contributed by atoms with Gasteiger partial charge < -0.3 is 0 Å². The molecule has 0 aromatic heterocycles. The highest BCUT2D eigenvalue weighted by Gasteiger charge is 2.65. The maximum absolute atomic E-state index is 12.4. The number of carbonyl (C=O) groups excluding carboxylic acids is 3. The molecule has 4 nitrogen and oxygen atoms in total. The van der Waals surface area contributed by atoms with E-state index in [-0.39, 0.29) is 11.7 Å². The number of amides is 2. The monoisotopic (exact) mass is 241 g/mol. The van der Waals surface area contributed by atoms with Gasteiger partial charge in [-0.3, -0.25) is 19.7 Å². The Bertz CT molecular complexity index is 634. The topological polar surface area (TPSA) is 63.2 Å². The van der Waals surface area contributed by atoms with E-state index >= 15 is 0 Å². The fraction of sp³-hybridized carbons (Fsp3) is 0.357. The summed E-state index contributed by atoms with van der Waals surface area (Å²) >= 11 is 0. The highest BCUT2D eigenvalue weighted by Crippen LogP contribution is 2.53. The zero-order chi connectivity index (χ0) is 12.5. The number of hydrogen-bond acceptors (Lipinski definition) is 3. The molecule has 4 heteroatoms. The lowest BCUT2D eigenvalue weighted by Gasteiger charge is -2.31. The predicted molar refractivity (Wildman–Crippen MR) is 62.0 cm³/mol. The predicted octanol–water partition coefficient (Wildman–Crippen LogP) is 0.730. The van der Waals surface area contributed by atoms with Crippen LogP contribution in [0.5, 0.6) is 0 Å². The first kappa shape index (κ1) is 10.00. The molecule has 1 fully saturated rings. The Hall–Kier alpha value is -1.97. The van der Waals surface area contributed by atoms with Crippen LogP contribution in [0.15, 0.2) is 18.2 Å². The largest absolute Gasteiger partial charge is 0.295 e. The third-order valence-electron chi connectivity index (χ3n) is 4.54. The molecule has 1 saturated heterocycles. The smallest absolute Gasteiger partial charge is 0.238 e. The normalized spacial score (nSPS) is 32.2. The first-order chi connectivity index (χ1) is 8.66. The summed E-state index contributed by atoms with van der Waals surface area (Å²) in [6.07, 6.45) is 2.33. The summed E-state index contributed by atoms with van der Waals surface area (Å²) in [5.74, 6) is -1.70. The van der Waals surface area contributed by atoms with Gasteiger partial charge in [-0.25, -0.2) is 0 Å². The Balaban J connectivity index is 2.12. The van der Waals surface area contributed by atoms with Crippen LogP contribution in [0.1, 0.15) is 34.3 Å². The summed E-state index contributed by atoms with van der Waals surface area (Å²) in [5.41, 5.74) is 1.58. The van der Waals surface area contributed by atoms with Gasteiger partial charge in [0.25, 0.3) is 0 Å². The van der Waals surface area contributed by atoms with Gasteiger partial charge in [-0.1, -0.05) is 18.2 Å². The Labute approximate surface area is 103 Å². The second-order valence-electron chi connectivity index (χ2n) is 5.28. The van der Waals surface area contributed by atoms with Gasteiger partial charge in [0.05, 0.1) is 5.41 Å². The lowest BCUT2D eigenvalue weighted by Crippen LogP contribution is -2.40. The van der Waals surface area contributed by atoms with Crippen LogP contribution in [-0.2, 0) is 21.4 Å². The van der Waals surface area contributed by atoms with Crippen LogP contribution in [0.25, 0.3) is 0 Å². The number of rotatable bonds is 0. The molecule has 1 aliphatic heterocycles. The highest BCUT2D eigenvalue weighted by atomic mass is 16.2. The number of carbonyl (C=O) groups is 3. The lowest BCUT2D eigenvalue weighted by molar-refractivity contribution is -0.126. The summed E-state index contributed by atoms with van der Waals surface area (Å²) in [6, 6.07) is 5.55. The zero-order valence-electron chi connectivity index (χ0n) is 9.66. The molecule has 1 unspecified atom stereocenters. The van der Waals surface area contributed by atoms with Gasteiger partial charge in [0.1, 0.15) is 5.92 Å². The van der Waals surface area contributed by atoms with Gasteiger partial charge in [0, 0.05) is 5.56 Å². The molecule has 0 radical (unpaired) electrons. The van der Waals surface area contributed by atoms with Crippen molar-refractivity contribution in [3.63, 3.8) is 0 Å². The minimum absolute atomic E-state index is 0.183. The average Bonchev–Trinajstić information content (AvgIpc) is 2.76. The average molecular weight is 241 g/mol. The molecule has 0 saturated carbocycles. The van der Waals surface area contributed by atoms with Crippen molar-refractivity contribution in [2.45, 2.75) is 24.7 Å². The second kappa shape index (κ2) is 2.88. The zero-order valence-corrected chi connectivity index (χ0v) is 9.66. The third-order valence-corrected chi connectivity index (χ3v) is 4.54. The molecule has 2 amide bonds. The van der Waals surface area contributed by atoms with Gasteiger partial charge in [-0.05, 0) is 30.4 Å². The first-order valence-electron chi connectivity index (χ1n) is 6.18. The molecule has 2 aliphatic carbocycles. The van der Waals surface area contributed by atoms with E-state index in [2.05, 4.69) is 5.32 Å². The van der Waals surface area contributed by atoms with Crippen LogP contribution in [0.3, 0.4) is 0 Å². The quantitative estimate of drug-likeness (QED) is 0.538. The first-order valence-corrected chi connectivity index (χ1v) is 6.18. The standard InChI is InChI=1S/C14H11NO3/c16-11-8-5-1-3-7-4-2-6-14(9(7)8)10(11)12(17)15-13(14)18/h1,3,5,10H,2,4,6H2,(H,15,17,18)/t10-,14?/m0/s1. The van der Waals surface area contributed by atoms with Crippen molar-refractivity contribution in [1.29, 1.82) is 0 Å². The van der Waals surface area contributed by atoms with Crippen molar-refractivity contribution in [2.24, 2.45) is 5.92 Å². The summed E-state index contributed by atoms with van der Waals surface area (Å²) in [5, 5.41) is 2.34. The molecule has 90 valence electrons. The van der Waals surface area contributed by atoms with Gasteiger partial charge in [0.15, 0.2) is 5.78 Å². The molecule has 1 N–H and O–H groups in total. The Kier molecular flexibility index (Phi) is 1.60. The number of hydrogen-bond donors (Lipinski definition) is 1. The SMILES string of the molecule is O=C1NC(=O)C23CCCc4cccc(c42)C(=O)[C@@H]13. The van der Waals surface area contributed by atoms with Gasteiger partial charge in [0.2, 0.25) is 11.8 Å². The third kappa shape index (κ3) is 0.847. The maximum atomic E-state index is 12.4. The number of imide groups is 1. The summed E-state index contributed by atoms with van der Waals surface area (Å²) in [4.78, 5) is 36.5. The number of ketones is 1. The second-order valence-corrected chi connectivity index (χ2v) is 5.28. The molecular weight excluding hydrogens is 230 g/mol. The summed E-state index contributed by atoms with van der Waals surface area (Å²) < 4.78 is 0. The number of aryl methyl sites for hydroxylation is 1. The van der Waals surface area contributed by atoms with E-state index in [0.717, 1.165) is 24.0 Å². The van der Waals surface area contributed by atoms with Crippen molar-refractivity contribution < 1.29 is 14.4 Å². The summed E-state index contributed by atoms with van der Waals surface area (Å²) in [6.45, 7) is 0. The number of benzene rings is 1. The van der Waals surface area contributed by atoms with Crippen molar-refractivity contribution in [1.82, 2.24) is 5.32 Å². The van der Waals surface area contributed by atoms with Crippen LogP contribution >= 0.6 is 0 Å². The number of Topliss-reactive ketones (excluding diaryl/α,β-unsaturated/α-hetero) is 1. The molecule has 4 rings (SSSR count). The van der Waals surface area contributed by atoms with Crippen LogP contribution < -0.4 is 5.32 Å². The van der Waals surface area contributed by atoms with Crippen molar-refractivity contribution in [3.8, 4) is 0 Å². The lowest BCUT2D eigenvalue weighted by atomic mass is 9.67. The highest BCUT2D eigenvalue weighted by molar-refractivity contribution is 6.27. The fourth-order valence-corrected chi connectivity index (χ4v) is 3.89. The van der Waals surface area contributed by atoms with E-state index < -0.39 is 17.2 Å². The van der Waals surface area contributed by atoms with Crippen LogP contribution in [0, 0.1) is 5.92 Å². The van der Waals surface area contributed by atoms with E-state index in [1.54, 1.807) is 6.07 Å².